The highest BCUT2D eigenvalue weighted by molar-refractivity contribution is 5.93. The fourth-order valence-corrected chi connectivity index (χ4v) is 8.14. The molecule has 0 aromatic carbocycles. The number of primary amides is 1. The number of hydrogen-bond donors (Lipinski definition) is 4. The Bertz CT molecular complexity index is 1070. The summed E-state index contributed by atoms with van der Waals surface area (Å²) in [7, 11) is 0. The van der Waals surface area contributed by atoms with Gasteiger partial charge in [0, 0.05) is 12.0 Å². The molecule has 0 aromatic rings. The van der Waals surface area contributed by atoms with Crippen LogP contribution in [0.25, 0.3) is 0 Å². The van der Waals surface area contributed by atoms with Gasteiger partial charge in [-0.1, -0.05) is 60.3 Å². The standard InChI is InChI=1S/C31H52N4O6/c1-27(2,3)22(34-26(40)41-28(4,5)6)25(39)35-17-31(29(7,8)30(31)13-10-14-30)16-20(35)24(38)33-19(21(36)23(32)37)15-18-11-9-12-18/h18-22,36H,9-17H2,1-8H3,(H2,32,37)(H,33,38)(H,34,40)/t19?,20-,21?,22+,31?/m0/s1. The van der Waals surface area contributed by atoms with Crippen LogP contribution in [0.5, 0.6) is 0 Å². The molecule has 232 valence electrons. The van der Waals surface area contributed by atoms with E-state index in [1.807, 2.05) is 20.8 Å². The van der Waals surface area contributed by atoms with Crippen LogP contribution in [0.3, 0.4) is 0 Å². The van der Waals surface area contributed by atoms with Crippen LogP contribution in [0.4, 0.5) is 4.79 Å². The molecule has 1 saturated heterocycles. The number of nitrogens with one attached hydrogen (secondary N) is 2. The predicted molar refractivity (Wildman–Crippen MR) is 154 cm³/mol. The Morgan fingerprint density at radius 3 is 2.02 bits per heavy atom. The number of likely N-dealkylation sites (tertiary alicyclic amines) is 1. The molecular formula is C31H52N4O6. The zero-order chi connectivity index (χ0) is 30.8. The Morgan fingerprint density at radius 2 is 1.61 bits per heavy atom. The average Bonchev–Trinajstić information content (AvgIpc) is 3.01. The van der Waals surface area contributed by atoms with Gasteiger partial charge in [-0.15, -0.1) is 0 Å². The number of fused-ring (bicyclic) bond motifs is 1. The summed E-state index contributed by atoms with van der Waals surface area (Å²) in [5, 5.41) is 16.3. The van der Waals surface area contributed by atoms with Gasteiger partial charge in [0.1, 0.15) is 17.7 Å². The molecule has 10 nitrogen and oxygen atoms in total. The number of aliphatic hydroxyl groups is 1. The van der Waals surface area contributed by atoms with Gasteiger partial charge in [0.25, 0.3) is 0 Å². The van der Waals surface area contributed by atoms with Gasteiger partial charge in [-0.25, -0.2) is 4.79 Å². The maximum absolute atomic E-state index is 14.4. The molecular weight excluding hydrogens is 524 g/mol. The predicted octanol–water partition coefficient (Wildman–Crippen LogP) is 3.24. The first kappa shape index (κ1) is 31.6. The number of nitrogens with two attached hydrogens (primary N) is 1. The molecule has 0 radical (unpaired) electrons. The minimum absolute atomic E-state index is 0.0420. The Labute approximate surface area is 244 Å². The van der Waals surface area contributed by atoms with Gasteiger partial charge in [0.05, 0.1) is 6.04 Å². The lowest BCUT2D eigenvalue weighted by molar-refractivity contribution is -0.143. The number of rotatable bonds is 8. The summed E-state index contributed by atoms with van der Waals surface area (Å²) < 4.78 is 5.48. The van der Waals surface area contributed by atoms with E-state index in [2.05, 4.69) is 24.5 Å². The van der Waals surface area contributed by atoms with Crippen LogP contribution in [0, 0.1) is 27.6 Å². The van der Waals surface area contributed by atoms with Crippen LogP contribution in [0.2, 0.25) is 0 Å². The quantitative estimate of drug-likeness (QED) is 0.348. The molecule has 5 N–H and O–H groups in total. The zero-order valence-electron chi connectivity index (χ0n) is 26.3. The van der Waals surface area contributed by atoms with Crippen LogP contribution in [0.1, 0.15) is 107 Å². The molecule has 4 rings (SSSR count). The van der Waals surface area contributed by atoms with Gasteiger partial charge in [-0.3, -0.25) is 14.4 Å². The van der Waals surface area contributed by atoms with Crippen molar-refractivity contribution in [1.82, 2.24) is 15.5 Å². The summed E-state index contributed by atoms with van der Waals surface area (Å²) in [4.78, 5) is 54.8. The van der Waals surface area contributed by atoms with Crippen LogP contribution < -0.4 is 16.4 Å². The minimum Gasteiger partial charge on any atom is -0.444 e. The molecule has 10 heteroatoms. The minimum atomic E-state index is -1.51. The normalized spacial score (nSPS) is 28.7. The van der Waals surface area contributed by atoms with Crippen molar-refractivity contribution in [3.8, 4) is 0 Å². The molecule has 0 bridgehead atoms. The lowest BCUT2D eigenvalue weighted by Gasteiger charge is -2.37. The zero-order valence-corrected chi connectivity index (χ0v) is 26.3. The van der Waals surface area contributed by atoms with Crippen molar-refractivity contribution in [2.75, 3.05) is 6.54 Å². The Morgan fingerprint density at radius 1 is 1.00 bits per heavy atom. The van der Waals surface area contributed by atoms with Crippen molar-refractivity contribution in [1.29, 1.82) is 0 Å². The molecule has 0 aromatic heterocycles. The van der Waals surface area contributed by atoms with Gasteiger partial charge in [0.15, 0.2) is 6.10 Å². The Hall–Kier alpha value is -2.36. The van der Waals surface area contributed by atoms with E-state index in [-0.39, 0.29) is 28.1 Å². The topological polar surface area (TPSA) is 151 Å². The lowest BCUT2D eigenvalue weighted by atomic mass is 9.73. The number of amides is 4. The number of hydrogen-bond acceptors (Lipinski definition) is 6. The maximum atomic E-state index is 14.4. The van der Waals surface area contributed by atoms with Crippen LogP contribution in [-0.2, 0) is 19.1 Å². The number of alkyl carbamates (subject to hydrolysis) is 1. The van der Waals surface area contributed by atoms with Crippen molar-refractivity contribution in [3.05, 3.63) is 0 Å². The Balaban J connectivity index is 1.63. The second-order valence-electron chi connectivity index (χ2n) is 15.8. The molecule has 4 fully saturated rings. The molecule has 3 aliphatic carbocycles. The summed E-state index contributed by atoms with van der Waals surface area (Å²) in [6.45, 7) is 15.8. The summed E-state index contributed by atoms with van der Waals surface area (Å²) in [6.07, 6.45) is 5.09. The first-order chi connectivity index (χ1) is 18.8. The molecule has 1 aliphatic heterocycles. The van der Waals surface area contributed by atoms with Crippen LogP contribution in [0.15, 0.2) is 0 Å². The van der Waals surface area contributed by atoms with Gasteiger partial charge >= 0.3 is 6.09 Å². The van der Waals surface area contributed by atoms with Gasteiger partial charge in [0.2, 0.25) is 17.7 Å². The highest BCUT2D eigenvalue weighted by atomic mass is 16.6. The molecule has 3 saturated carbocycles. The summed E-state index contributed by atoms with van der Waals surface area (Å²) >= 11 is 0. The van der Waals surface area contributed by atoms with Gasteiger partial charge in [-0.2, -0.15) is 0 Å². The second kappa shape index (κ2) is 10.4. The van der Waals surface area contributed by atoms with E-state index in [1.165, 1.54) is 0 Å². The fraction of sp³-hybridized carbons (Fsp3) is 0.871. The smallest absolute Gasteiger partial charge is 0.408 e. The molecule has 5 atom stereocenters. The van der Waals surface area contributed by atoms with E-state index in [4.69, 9.17) is 10.5 Å². The van der Waals surface area contributed by atoms with Crippen molar-refractivity contribution >= 4 is 23.8 Å². The van der Waals surface area contributed by atoms with E-state index >= 15 is 0 Å². The molecule has 2 spiro atoms. The first-order valence-electron chi connectivity index (χ1n) is 15.3. The summed E-state index contributed by atoms with van der Waals surface area (Å²) in [5.74, 6) is -1.28. The first-order valence-corrected chi connectivity index (χ1v) is 15.3. The van der Waals surface area contributed by atoms with E-state index in [9.17, 15) is 24.3 Å². The number of aliphatic hydroxyl groups excluding tert-OH is 1. The van der Waals surface area contributed by atoms with Crippen molar-refractivity contribution in [2.45, 2.75) is 137 Å². The van der Waals surface area contributed by atoms with Gasteiger partial charge in [-0.05, 0) is 68.6 Å². The Kier molecular flexibility index (Phi) is 8.02. The monoisotopic (exact) mass is 576 g/mol. The summed E-state index contributed by atoms with van der Waals surface area (Å²) in [5.41, 5.74) is 3.88. The van der Waals surface area contributed by atoms with E-state index in [1.54, 1.807) is 25.7 Å². The molecule has 4 amide bonds. The highest BCUT2D eigenvalue weighted by Gasteiger charge is 2.85. The van der Waals surface area contributed by atoms with E-state index in [0.29, 0.717) is 25.3 Å². The second-order valence-corrected chi connectivity index (χ2v) is 15.8. The van der Waals surface area contributed by atoms with Gasteiger partial charge < -0.3 is 31.1 Å². The van der Waals surface area contributed by atoms with E-state index in [0.717, 1.165) is 38.5 Å². The third-order valence-corrected chi connectivity index (χ3v) is 11.0. The molecule has 1 heterocycles. The van der Waals surface area contributed by atoms with Crippen molar-refractivity contribution in [2.24, 2.45) is 33.3 Å². The third-order valence-electron chi connectivity index (χ3n) is 11.0. The maximum Gasteiger partial charge on any atom is 0.408 e. The molecule has 3 unspecified atom stereocenters. The summed E-state index contributed by atoms with van der Waals surface area (Å²) in [6, 6.07) is -2.54. The van der Waals surface area contributed by atoms with Crippen LogP contribution >= 0.6 is 0 Å². The number of carbonyl (C=O) groups is 4. The SMILES string of the molecule is CC(C)(C)OC(=O)N[C@H](C(=O)N1CC2(C[C@H]1C(=O)NC(CC1CCC1)C(O)C(N)=O)C(C)(C)C21CCC1)C(C)(C)C. The lowest BCUT2D eigenvalue weighted by Crippen LogP contribution is -2.59. The largest absolute Gasteiger partial charge is 0.444 e. The molecule has 41 heavy (non-hydrogen) atoms. The van der Waals surface area contributed by atoms with Crippen molar-refractivity contribution < 1.29 is 29.0 Å². The third kappa shape index (κ3) is 5.45. The van der Waals surface area contributed by atoms with Crippen LogP contribution in [-0.4, -0.2) is 70.2 Å². The van der Waals surface area contributed by atoms with Crippen molar-refractivity contribution in [3.63, 3.8) is 0 Å². The average molecular weight is 577 g/mol. The fourth-order valence-electron chi connectivity index (χ4n) is 8.14. The number of ether oxygens (including phenoxy) is 1. The van der Waals surface area contributed by atoms with E-state index < -0.39 is 47.2 Å². The number of carbonyl (C=O) groups excluding carboxylic acids is 4. The number of nitrogens with zero attached hydrogens (tertiary/aromatic N) is 1. The highest BCUT2D eigenvalue weighted by Crippen LogP contribution is 2.88. The molecule has 4 aliphatic rings.